The molecule has 0 saturated carbocycles. The van der Waals surface area contributed by atoms with Gasteiger partial charge in [-0.15, -0.1) is 0 Å². The third-order valence-corrected chi connectivity index (χ3v) is 3.61. The van der Waals surface area contributed by atoms with E-state index in [4.69, 9.17) is 4.74 Å². The zero-order valence-corrected chi connectivity index (χ0v) is 11.3. The SMILES string of the molecule is CCCC[C@H](CC)COC(=O)[C@@H]1CC=CCC1. The van der Waals surface area contributed by atoms with Gasteiger partial charge in [-0.2, -0.15) is 0 Å². The number of allylic oxidation sites excluding steroid dienone is 2. The number of hydrogen-bond donors (Lipinski definition) is 0. The summed E-state index contributed by atoms with van der Waals surface area (Å²) in [5.41, 5.74) is 0. The Labute approximate surface area is 105 Å². The molecular formula is C15H26O2. The molecule has 0 aromatic carbocycles. The number of unbranched alkanes of at least 4 members (excludes halogenated alkanes) is 1. The zero-order chi connectivity index (χ0) is 12.5. The van der Waals surface area contributed by atoms with Gasteiger partial charge in [-0.05, 0) is 31.6 Å². The summed E-state index contributed by atoms with van der Waals surface area (Å²) >= 11 is 0. The van der Waals surface area contributed by atoms with Gasteiger partial charge in [0.2, 0.25) is 0 Å². The van der Waals surface area contributed by atoms with Crippen LogP contribution in [0.15, 0.2) is 12.2 Å². The normalized spacial score (nSPS) is 21.2. The molecule has 0 N–H and O–H groups in total. The van der Waals surface area contributed by atoms with Gasteiger partial charge in [0.25, 0.3) is 0 Å². The molecule has 1 aliphatic rings. The Balaban J connectivity index is 2.23. The molecule has 2 heteroatoms. The van der Waals surface area contributed by atoms with E-state index in [1.165, 1.54) is 19.3 Å². The van der Waals surface area contributed by atoms with Gasteiger partial charge in [-0.25, -0.2) is 0 Å². The van der Waals surface area contributed by atoms with Crippen molar-refractivity contribution in [3.05, 3.63) is 12.2 Å². The van der Waals surface area contributed by atoms with Crippen molar-refractivity contribution in [2.45, 2.75) is 58.8 Å². The molecule has 0 aromatic heterocycles. The molecule has 1 aliphatic carbocycles. The minimum Gasteiger partial charge on any atom is -0.465 e. The summed E-state index contributed by atoms with van der Waals surface area (Å²) in [5, 5.41) is 0. The zero-order valence-electron chi connectivity index (χ0n) is 11.3. The van der Waals surface area contributed by atoms with E-state index in [0.717, 1.165) is 25.7 Å². The summed E-state index contributed by atoms with van der Waals surface area (Å²) in [6, 6.07) is 0. The number of esters is 1. The van der Waals surface area contributed by atoms with Gasteiger partial charge in [-0.3, -0.25) is 4.79 Å². The molecular weight excluding hydrogens is 212 g/mol. The largest absolute Gasteiger partial charge is 0.465 e. The standard InChI is InChI=1S/C15H26O2/c1-3-5-9-13(4-2)12-17-15(16)14-10-7-6-8-11-14/h6-7,13-14H,3-5,8-12H2,1-2H3/t13-,14+/m0/s1. The third-order valence-electron chi connectivity index (χ3n) is 3.61. The average Bonchev–Trinajstić information content (AvgIpc) is 2.39. The second-order valence-corrected chi connectivity index (χ2v) is 5.03. The first-order chi connectivity index (χ1) is 8.27. The van der Waals surface area contributed by atoms with Gasteiger partial charge in [0.15, 0.2) is 0 Å². The lowest BCUT2D eigenvalue weighted by Crippen LogP contribution is -2.22. The summed E-state index contributed by atoms with van der Waals surface area (Å²) in [4.78, 5) is 11.8. The first-order valence-electron chi connectivity index (χ1n) is 7.09. The molecule has 0 fully saturated rings. The number of ether oxygens (including phenoxy) is 1. The number of rotatable bonds is 7. The predicted molar refractivity (Wildman–Crippen MR) is 70.7 cm³/mol. The quantitative estimate of drug-likeness (QED) is 0.493. The van der Waals surface area contributed by atoms with Gasteiger partial charge >= 0.3 is 5.97 Å². The summed E-state index contributed by atoms with van der Waals surface area (Å²) in [7, 11) is 0. The monoisotopic (exact) mass is 238 g/mol. The van der Waals surface area contributed by atoms with Crippen LogP contribution in [0.1, 0.15) is 58.8 Å². The van der Waals surface area contributed by atoms with Crippen LogP contribution in [-0.2, 0) is 9.53 Å². The van der Waals surface area contributed by atoms with Gasteiger partial charge in [0, 0.05) is 0 Å². The van der Waals surface area contributed by atoms with E-state index in [2.05, 4.69) is 26.0 Å². The lowest BCUT2D eigenvalue weighted by Gasteiger charge is -2.19. The summed E-state index contributed by atoms with van der Waals surface area (Å²) in [6.07, 6.45) is 11.9. The van der Waals surface area contributed by atoms with Crippen molar-refractivity contribution < 1.29 is 9.53 Å². The van der Waals surface area contributed by atoms with Gasteiger partial charge < -0.3 is 4.74 Å². The second kappa shape index (κ2) is 8.32. The van der Waals surface area contributed by atoms with Crippen molar-refractivity contribution in [1.29, 1.82) is 0 Å². The van der Waals surface area contributed by atoms with Crippen LogP contribution in [0.5, 0.6) is 0 Å². The van der Waals surface area contributed by atoms with Crippen LogP contribution in [0.4, 0.5) is 0 Å². The highest BCUT2D eigenvalue weighted by atomic mass is 16.5. The first-order valence-corrected chi connectivity index (χ1v) is 7.09. The van der Waals surface area contributed by atoms with E-state index >= 15 is 0 Å². The predicted octanol–water partition coefficient (Wildman–Crippen LogP) is 4.10. The Kier molecular flexibility index (Phi) is 6.99. The molecule has 0 spiro atoms. The van der Waals surface area contributed by atoms with Crippen LogP contribution in [-0.4, -0.2) is 12.6 Å². The molecule has 0 heterocycles. The van der Waals surface area contributed by atoms with Crippen molar-refractivity contribution >= 4 is 5.97 Å². The van der Waals surface area contributed by atoms with Crippen molar-refractivity contribution in [3.63, 3.8) is 0 Å². The molecule has 2 atom stereocenters. The molecule has 0 unspecified atom stereocenters. The molecule has 0 aromatic rings. The molecule has 0 amide bonds. The Bertz CT molecular complexity index is 245. The lowest BCUT2D eigenvalue weighted by molar-refractivity contribution is -0.150. The fourth-order valence-electron chi connectivity index (χ4n) is 2.22. The van der Waals surface area contributed by atoms with E-state index < -0.39 is 0 Å². The molecule has 0 saturated heterocycles. The van der Waals surface area contributed by atoms with E-state index in [1.807, 2.05) is 0 Å². The molecule has 17 heavy (non-hydrogen) atoms. The van der Waals surface area contributed by atoms with Gasteiger partial charge in [0.1, 0.15) is 0 Å². The average molecular weight is 238 g/mol. The second-order valence-electron chi connectivity index (χ2n) is 5.03. The first kappa shape index (κ1) is 14.3. The molecule has 98 valence electrons. The minimum atomic E-state index is 0.0179. The summed E-state index contributed by atoms with van der Waals surface area (Å²) in [6.45, 7) is 5.00. The molecule has 1 rings (SSSR count). The molecule has 0 aliphatic heterocycles. The van der Waals surface area contributed by atoms with Crippen LogP contribution in [0.3, 0.4) is 0 Å². The van der Waals surface area contributed by atoms with E-state index in [0.29, 0.717) is 12.5 Å². The van der Waals surface area contributed by atoms with E-state index in [-0.39, 0.29) is 11.9 Å². The Morgan fingerprint density at radius 3 is 2.82 bits per heavy atom. The van der Waals surface area contributed by atoms with Gasteiger partial charge in [0.05, 0.1) is 12.5 Å². The maximum atomic E-state index is 11.8. The van der Waals surface area contributed by atoms with Crippen molar-refractivity contribution in [2.75, 3.05) is 6.61 Å². The maximum Gasteiger partial charge on any atom is 0.309 e. The van der Waals surface area contributed by atoms with Crippen LogP contribution in [0, 0.1) is 11.8 Å². The van der Waals surface area contributed by atoms with Crippen LogP contribution in [0.2, 0.25) is 0 Å². The Hall–Kier alpha value is -0.790. The molecule has 0 bridgehead atoms. The molecule has 0 radical (unpaired) electrons. The third kappa shape index (κ3) is 5.38. The number of hydrogen-bond acceptors (Lipinski definition) is 2. The highest BCUT2D eigenvalue weighted by Gasteiger charge is 2.21. The van der Waals surface area contributed by atoms with Crippen LogP contribution >= 0.6 is 0 Å². The molecule has 2 nitrogen and oxygen atoms in total. The Morgan fingerprint density at radius 1 is 1.41 bits per heavy atom. The Morgan fingerprint density at radius 2 is 2.24 bits per heavy atom. The fraction of sp³-hybridized carbons (Fsp3) is 0.800. The number of carbonyl (C=O) groups is 1. The van der Waals surface area contributed by atoms with Gasteiger partial charge in [-0.1, -0.05) is 45.3 Å². The van der Waals surface area contributed by atoms with Crippen molar-refractivity contribution in [1.82, 2.24) is 0 Å². The number of carbonyl (C=O) groups excluding carboxylic acids is 1. The summed E-state index contributed by atoms with van der Waals surface area (Å²) < 4.78 is 5.46. The maximum absolute atomic E-state index is 11.8. The highest BCUT2D eigenvalue weighted by molar-refractivity contribution is 5.72. The smallest absolute Gasteiger partial charge is 0.309 e. The highest BCUT2D eigenvalue weighted by Crippen LogP contribution is 2.20. The fourth-order valence-corrected chi connectivity index (χ4v) is 2.22. The summed E-state index contributed by atoms with van der Waals surface area (Å²) in [5.74, 6) is 0.686. The van der Waals surface area contributed by atoms with E-state index in [9.17, 15) is 4.79 Å². The minimum absolute atomic E-state index is 0.0179. The van der Waals surface area contributed by atoms with Crippen molar-refractivity contribution in [2.24, 2.45) is 11.8 Å². The van der Waals surface area contributed by atoms with Crippen LogP contribution < -0.4 is 0 Å². The van der Waals surface area contributed by atoms with E-state index in [1.54, 1.807) is 0 Å². The topological polar surface area (TPSA) is 26.3 Å². The lowest BCUT2D eigenvalue weighted by atomic mass is 9.94. The van der Waals surface area contributed by atoms with Crippen LogP contribution in [0.25, 0.3) is 0 Å². The van der Waals surface area contributed by atoms with Crippen molar-refractivity contribution in [3.8, 4) is 0 Å².